The van der Waals surface area contributed by atoms with Crippen molar-refractivity contribution in [2.75, 3.05) is 0 Å². The molecule has 0 saturated carbocycles. The van der Waals surface area contributed by atoms with Crippen LogP contribution in [0.3, 0.4) is 0 Å². The van der Waals surface area contributed by atoms with Crippen LogP contribution in [0.4, 0.5) is 0 Å². The average molecular weight is 212 g/mol. The third-order valence-electron chi connectivity index (χ3n) is 2.42. The van der Waals surface area contributed by atoms with E-state index < -0.39 is 5.41 Å². The molecule has 0 bridgehead atoms. The van der Waals surface area contributed by atoms with Crippen LogP contribution in [-0.2, 0) is 5.41 Å². The Hall–Kier alpha value is -2.15. The van der Waals surface area contributed by atoms with Gasteiger partial charge in [-0.15, -0.1) is 0 Å². The van der Waals surface area contributed by atoms with Crippen LogP contribution in [-0.4, -0.2) is 15.0 Å². The van der Waals surface area contributed by atoms with Crippen molar-refractivity contribution in [2.45, 2.75) is 19.3 Å². The largest absolute Gasteiger partial charge is 0.341 e. The Morgan fingerprint density at radius 2 is 2.19 bits per heavy atom. The molecular formula is C12H12N4. The quantitative estimate of drug-likeness (QED) is 0.830. The minimum absolute atomic E-state index is 0.597. The monoisotopic (exact) mass is 212 g/mol. The summed E-state index contributed by atoms with van der Waals surface area (Å²) in [5.74, 6) is 0.675. The van der Waals surface area contributed by atoms with Crippen LogP contribution in [0.15, 0.2) is 30.7 Å². The van der Waals surface area contributed by atoms with Crippen LogP contribution in [0, 0.1) is 11.3 Å². The molecule has 0 amide bonds. The molecule has 2 rings (SSSR count). The van der Waals surface area contributed by atoms with E-state index in [9.17, 15) is 0 Å². The van der Waals surface area contributed by atoms with Crippen molar-refractivity contribution >= 4 is 0 Å². The van der Waals surface area contributed by atoms with E-state index in [4.69, 9.17) is 5.26 Å². The van der Waals surface area contributed by atoms with Gasteiger partial charge in [0.25, 0.3) is 0 Å². The predicted octanol–water partition coefficient (Wildman–Crippen LogP) is 2.27. The molecule has 0 saturated heterocycles. The van der Waals surface area contributed by atoms with E-state index in [1.54, 1.807) is 18.6 Å². The first-order valence-corrected chi connectivity index (χ1v) is 5.00. The molecule has 0 aromatic carbocycles. The fourth-order valence-corrected chi connectivity index (χ4v) is 1.36. The molecule has 1 N–H and O–H groups in total. The minimum atomic E-state index is -0.597. The molecule has 0 aliphatic rings. The Labute approximate surface area is 94.0 Å². The first-order valence-electron chi connectivity index (χ1n) is 5.00. The fourth-order valence-electron chi connectivity index (χ4n) is 1.36. The number of rotatable bonds is 2. The molecule has 0 aliphatic heterocycles. The van der Waals surface area contributed by atoms with Crippen molar-refractivity contribution in [3.05, 3.63) is 36.5 Å². The van der Waals surface area contributed by atoms with Crippen LogP contribution in [0.1, 0.15) is 19.7 Å². The van der Waals surface area contributed by atoms with E-state index >= 15 is 0 Å². The lowest BCUT2D eigenvalue weighted by atomic mass is 9.95. The zero-order valence-electron chi connectivity index (χ0n) is 9.23. The summed E-state index contributed by atoms with van der Waals surface area (Å²) in [6.07, 6.45) is 5.21. The van der Waals surface area contributed by atoms with Crippen molar-refractivity contribution in [1.82, 2.24) is 15.0 Å². The van der Waals surface area contributed by atoms with E-state index in [-0.39, 0.29) is 0 Å². The van der Waals surface area contributed by atoms with E-state index in [0.717, 1.165) is 11.3 Å². The highest BCUT2D eigenvalue weighted by molar-refractivity contribution is 5.57. The summed E-state index contributed by atoms with van der Waals surface area (Å²) >= 11 is 0. The molecule has 0 radical (unpaired) electrons. The second-order valence-electron chi connectivity index (χ2n) is 4.12. The Morgan fingerprint density at radius 1 is 1.38 bits per heavy atom. The Bertz CT molecular complexity index is 519. The number of pyridine rings is 1. The third kappa shape index (κ3) is 1.80. The van der Waals surface area contributed by atoms with Gasteiger partial charge in [0.15, 0.2) is 0 Å². The number of nitrogens with one attached hydrogen (secondary N) is 1. The van der Waals surface area contributed by atoms with Gasteiger partial charge in [0, 0.05) is 18.0 Å². The summed E-state index contributed by atoms with van der Waals surface area (Å²) in [5.41, 5.74) is 1.25. The van der Waals surface area contributed by atoms with Crippen molar-refractivity contribution in [2.24, 2.45) is 0 Å². The Morgan fingerprint density at radius 3 is 2.81 bits per heavy atom. The summed E-state index contributed by atoms with van der Waals surface area (Å²) in [6.45, 7) is 3.66. The number of H-pyrrole nitrogens is 1. The Kier molecular flexibility index (Phi) is 2.45. The van der Waals surface area contributed by atoms with Gasteiger partial charge >= 0.3 is 0 Å². The van der Waals surface area contributed by atoms with Crippen LogP contribution in [0.25, 0.3) is 11.3 Å². The maximum atomic E-state index is 9.00. The summed E-state index contributed by atoms with van der Waals surface area (Å²) in [4.78, 5) is 11.4. The molecule has 16 heavy (non-hydrogen) atoms. The van der Waals surface area contributed by atoms with Crippen molar-refractivity contribution < 1.29 is 0 Å². The first-order chi connectivity index (χ1) is 7.63. The summed E-state index contributed by atoms with van der Waals surface area (Å²) in [5, 5.41) is 9.00. The normalized spacial score (nSPS) is 11.1. The lowest BCUT2D eigenvalue weighted by Crippen LogP contribution is -2.15. The van der Waals surface area contributed by atoms with Gasteiger partial charge < -0.3 is 4.98 Å². The molecule has 2 aromatic rings. The SMILES string of the molecule is CC(C)(C#N)c1ncc(-c2cccnc2)[nH]1. The molecule has 0 fully saturated rings. The third-order valence-corrected chi connectivity index (χ3v) is 2.42. The second kappa shape index (κ2) is 3.78. The molecule has 0 atom stereocenters. The maximum absolute atomic E-state index is 9.00. The van der Waals surface area contributed by atoms with Crippen molar-refractivity contribution in [3.63, 3.8) is 0 Å². The number of nitrogens with zero attached hydrogens (tertiary/aromatic N) is 3. The fraction of sp³-hybridized carbons (Fsp3) is 0.250. The van der Waals surface area contributed by atoms with Gasteiger partial charge in [-0.2, -0.15) is 5.26 Å². The Balaban J connectivity index is 2.39. The topological polar surface area (TPSA) is 65.4 Å². The van der Waals surface area contributed by atoms with Gasteiger partial charge in [0.2, 0.25) is 0 Å². The molecule has 2 heterocycles. The van der Waals surface area contributed by atoms with Crippen LogP contribution in [0.2, 0.25) is 0 Å². The van der Waals surface area contributed by atoms with Crippen molar-refractivity contribution in [1.29, 1.82) is 5.26 Å². The summed E-state index contributed by atoms with van der Waals surface area (Å²) < 4.78 is 0. The van der Waals surface area contributed by atoms with Gasteiger partial charge in [0.1, 0.15) is 11.2 Å². The summed E-state index contributed by atoms with van der Waals surface area (Å²) in [7, 11) is 0. The molecule has 0 unspecified atom stereocenters. The number of aromatic nitrogens is 3. The number of nitriles is 1. The van der Waals surface area contributed by atoms with Gasteiger partial charge in [-0.05, 0) is 26.0 Å². The lowest BCUT2D eigenvalue weighted by Gasteiger charge is -2.10. The van der Waals surface area contributed by atoms with Crippen molar-refractivity contribution in [3.8, 4) is 17.3 Å². The van der Waals surface area contributed by atoms with Crippen LogP contribution >= 0.6 is 0 Å². The van der Waals surface area contributed by atoms with Gasteiger partial charge in [0.05, 0.1) is 18.0 Å². The first kappa shape index (κ1) is 10.4. The maximum Gasteiger partial charge on any atom is 0.126 e. The molecule has 2 aromatic heterocycles. The lowest BCUT2D eigenvalue weighted by molar-refractivity contribution is 0.640. The van der Waals surface area contributed by atoms with E-state index in [0.29, 0.717) is 5.82 Å². The highest BCUT2D eigenvalue weighted by Crippen LogP contribution is 2.22. The summed E-state index contributed by atoms with van der Waals surface area (Å²) in [6, 6.07) is 6.03. The average Bonchev–Trinajstić information content (AvgIpc) is 2.80. The van der Waals surface area contributed by atoms with Crippen LogP contribution in [0.5, 0.6) is 0 Å². The van der Waals surface area contributed by atoms with E-state index in [1.165, 1.54) is 0 Å². The van der Waals surface area contributed by atoms with Gasteiger partial charge in [-0.1, -0.05) is 0 Å². The second-order valence-corrected chi connectivity index (χ2v) is 4.12. The van der Waals surface area contributed by atoms with Gasteiger partial charge in [-0.25, -0.2) is 4.98 Å². The zero-order valence-corrected chi connectivity index (χ0v) is 9.23. The minimum Gasteiger partial charge on any atom is -0.341 e. The number of imidazole rings is 1. The predicted molar refractivity (Wildman–Crippen MR) is 60.5 cm³/mol. The molecular weight excluding hydrogens is 200 g/mol. The van der Waals surface area contributed by atoms with E-state index in [1.807, 2.05) is 26.0 Å². The van der Waals surface area contributed by atoms with Gasteiger partial charge in [-0.3, -0.25) is 4.98 Å². The number of hydrogen-bond donors (Lipinski definition) is 1. The highest BCUT2D eigenvalue weighted by atomic mass is 14.9. The zero-order chi connectivity index (χ0) is 11.6. The van der Waals surface area contributed by atoms with Crippen LogP contribution < -0.4 is 0 Å². The highest BCUT2D eigenvalue weighted by Gasteiger charge is 2.23. The van der Waals surface area contributed by atoms with E-state index in [2.05, 4.69) is 21.0 Å². The number of aromatic amines is 1. The molecule has 0 aliphatic carbocycles. The molecule has 80 valence electrons. The molecule has 4 nitrogen and oxygen atoms in total. The smallest absolute Gasteiger partial charge is 0.126 e. The number of hydrogen-bond acceptors (Lipinski definition) is 3. The molecule has 4 heteroatoms. The molecule has 0 spiro atoms. The standard InChI is InChI=1S/C12H12N4/c1-12(2,8-13)11-15-7-10(16-11)9-4-3-5-14-6-9/h3-7H,1-2H3,(H,15,16).